The van der Waals surface area contributed by atoms with Crippen molar-refractivity contribution in [2.24, 2.45) is 0 Å². The number of benzene rings is 1. The third-order valence-electron chi connectivity index (χ3n) is 4.53. The maximum absolute atomic E-state index is 12.4. The molecule has 2 aromatic rings. The molecule has 0 saturated carbocycles. The van der Waals surface area contributed by atoms with E-state index in [0.29, 0.717) is 22.5 Å². The van der Waals surface area contributed by atoms with Gasteiger partial charge in [-0.1, -0.05) is 47.1 Å². The van der Waals surface area contributed by atoms with E-state index in [0.717, 1.165) is 24.8 Å². The summed E-state index contributed by atoms with van der Waals surface area (Å²) in [6, 6.07) is 7.26. The number of carbonyl (C=O) groups is 1. The van der Waals surface area contributed by atoms with Crippen molar-refractivity contribution in [3.63, 3.8) is 0 Å². The van der Waals surface area contributed by atoms with E-state index >= 15 is 0 Å². The largest absolute Gasteiger partial charge is 0.355 e. The van der Waals surface area contributed by atoms with Crippen LogP contribution >= 0.6 is 23.4 Å². The molecule has 0 aliphatic heterocycles. The lowest BCUT2D eigenvalue weighted by Crippen LogP contribution is -2.32. The van der Waals surface area contributed by atoms with Crippen molar-refractivity contribution in [2.45, 2.75) is 49.4 Å². The molecule has 3 N–H and O–H groups in total. The van der Waals surface area contributed by atoms with Crippen molar-refractivity contribution < 1.29 is 4.79 Å². The number of nitrogens with two attached hydrogens (primary N) is 1. The number of halogens is 1. The number of carbonyl (C=O) groups excluding carboxylic acids is 1. The summed E-state index contributed by atoms with van der Waals surface area (Å²) in [4.78, 5) is 12.4. The number of rotatable bonds is 7. The Kier molecular flexibility index (Phi) is 6.79. The van der Waals surface area contributed by atoms with Gasteiger partial charge < -0.3 is 11.2 Å². The van der Waals surface area contributed by atoms with Crippen LogP contribution in [0.1, 0.15) is 39.0 Å². The quantitative estimate of drug-likeness (QED) is 0.415. The molecule has 8 heteroatoms. The number of hydrogen-bond acceptors (Lipinski definition) is 5. The molecule has 0 unspecified atom stereocenters. The topological polar surface area (TPSA) is 85.8 Å². The number of thioether (sulfide) groups is 1. The van der Waals surface area contributed by atoms with Crippen molar-refractivity contribution in [2.75, 3.05) is 12.4 Å². The maximum atomic E-state index is 12.4. The van der Waals surface area contributed by atoms with E-state index in [1.807, 2.05) is 19.1 Å². The Morgan fingerprint density at radius 1 is 1.41 bits per heavy atom. The van der Waals surface area contributed by atoms with Crippen LogP contribution in [-0.4, -0.2) is 32.6 Å². The van der Waals surface area contributed by atoms with Gasteiger partial charge in [0.25, 0.3) is 0 Å². The zero-order chi connectivity index (χ0) is 19.2. The average Bonchev–Trinajstić information content (AvgIpc) is 3.03. The van der Waals surface area contributed by atoms with E-state index in [1.54, 1.807) is 12.1 Å². The third-order valence-corrected chi connectivity index (χ3v) is 5.82. The minimum Gasteiger partial charge on any atom is -0.355 e. The van der Waals surface area contributed by atoms with Crippen LogP contribution in [0.25, 0.3) is 11.4 Å². The first-order chi connectivity index (χ1) is 13.0. The lowest BCUT2D eigenvalue weighted by molar-refractivity contribution is -0.120. The van der Waals surface area contributed by atoms with Crippen molar-refractivity contribution >= 4 is 29.3 Å². The molecule has 0 bridgehead atoms. The Bertz CT molecular complexity index is 835. The second-order valence-electron chi connectivity index (χ2n) is 6.60. The fraction of sp³-hybridized carbons (Fsp3) is 0.421. The first-order valence-corrected chi connectivity index (χ1v) is 10.4. The summed E-state index contributed by atoms with van der Waals surface area (Å²) in [6.45, 7) is 2.51. The van der Waals surface area contributed by atoms with Crippen LogP contribution in [0.5, 0.6) is 0 Å². The zero-order valence-electron chi connectivity index (χ0n) is 15.3. The van der Waals surface area contributed by atoms with Crippen LogP contribution in [0, 0.1) is 0 Å². The molecule has 1 aromatic carbocycles. The van der Waals surface area contributed by atoms with E-state index in [2.05, 4.69) is 21.6 Å². The molecule has 144 valence electrons. The van der Waals surface area contributed by atoms with Gasteiger partial charge >= 0.3 is 0 Å². The van der Waals surface area contributed by atoms with Gasteiger partial charge in [0.05, 0.1) is 5.25 Å². The number of aromatic nitrogens is 3. The lowest BCUT2D eigenvalue weighted by Gasteiger charge is -2.14. The van der Waals surface area contributed by atoms with Gasteiger partial charge in [0.15, 0.2) is 5.82 Å². The summed E-state index contributed by atoms with van der Waals surface area (Å²) >= 11 is 7.31. The standard InChI is InChI=1S/C19H24ClN5OS/c1-13(18(26)22-11-10-14-6-3-2-4-7-14)27-19-24-23-17(25(19)21)15-8-5-9-16(20)12-15/h5-6,8-9,12-13H,2-4,7,10-11,21H2,1H3,(H,22,26)/t13-/m1/s1. The van der Waals surface area contributed by atoms with Gasteiger partial charge in [-0.05, 0) is 51.2 Å². The summed E-state index contributed by atoms with van der Waals surface area (Å²) < 4.78 is 1.40. The fourth-order valence-electron chi connectivity index (χ4n) is 3.02. The zero-order valence-corrected chi connectivity index (χ0v) is 16.9. The van der Waals surface area contributed by atoms with E-state index in [9.17, 15) is 4.79 Å². The second kappa shape index (κ2) is 9.28. The summed E-state index contributed by atoms with van der Waals surface area (Å²) in [5.74, 6) is 6.61. The Hall–Kier alpha value is -1.99. The molecular formula is C19H24ClN5OS. The highest BCUT2D eigenvalue weighted by atomic mass is 35.5. The van der Waals surface area contributed by atoms with Gasteiger partial charge in [-0.2, -0.15) is 0 Å². The molecule has 1 amide bonds. The predicted molar refractivity (Wildman–Crippen MR) is 110 cm³/mol. The Balaban J connectivity index is 1.55. The molecule has 1 heterocycles. The Labute approximate surface area is 168 Å². The van der Waals surface area contributed by atoms with Gasteiger partial charge in [-0.25, -0.2) is 4.68 Å². The van der Waals surface area contributed by atoms with Crippen LogP contribution in [0.4, 0.5) is 0 Å². The van der Waals surface area contributed by atoms with Crippen molar-refractivity contribution in [1.29, 1.82) is 0 Å². The second-order valence-corrected chi connectivity index (χ2v) is 8.34. The van der Waals surface area contributed by atoms with Crippen LogP contribution in [0.3, 0.4) is 0 Å². The van der Waals surface area contributed by atoms with Crippen molar-refractivity contribution in [1.82, 2.24) is 20.2 Å². The molecule has 0 fully saturated rings. The number of nitrogens with one attached hydrogen (secondary N) is 1. The van der Waals surface area contributed by atoms with Crippen molar-refractivity contribution in [3.8, 4) is 11.4 Å². The van der Waals surface area contributed by atoms with E-state index < -0.39 is 0 Å². The van der Waals surface area contributed by atoms with Gasteiger partial charge in [0, 0.05) is 17.1 Å². The SMILES string of the molecule is C[C@@H](Sc1nnc(-c2cccc(Cl)c2)n1N)C(=O)NCCC1=CCCCC1. The number of hydrogen-bond donors (Lipinski definition) is 2. The number of nitrogen functional groups attached to an aromatic ring is 1. The van der Waals surface area contributed by atoms with Gasteiger partial charge in [0.1, 0.15) is 0 Å². The minimum atomic E-state index is -0.316. The maximum Gasteiger partial charge on any atom is 0.233 e. The van der Waals surface area contributed by atoms with E-state index in [4.69, 9.17) is 17.4 Å². The third kappa shape index (κ3) is 5.26. The monoisotopic (exact) mass is 405 g/mol. The first kappa shape index (κ1) is 19.8. The smallest absolute Gasteiger partial charge is 0.233 e. The summed E-state index contributed by atoms with van der Waals surface area (Å²) in [5, 5.41) is 12.0. The summed E-state index contributed by atoms with van der Waals surface area (Å²) in [7, 11) is 0. The van der Waals surface area contributed by atoms with Gasteiger partial charge in [-0.15, -0.1) is 10.2 Å². The Morgan fingerprint density at radius 2 is 2.26 bits per heavy atom. The first-order valence-electron chi connectivity index (χ1n) is 9.13. The van der Waals surface area contributed by atoms with Crippen LogP contribution in [-0.2, 0) is 4.79 Å². The summed E-state index contributed by atoms with van der Waals surface area (Å²) in [5.41, 5.74) is 2.23. The van der Waals surface area contributed by atoms with Gasteiger partial charge in [0.2, 0.25) is 11.1 Å². The highest BCUT2D eigenvalue weighted by Crippen LogP contribution is 2.26. The molecule has 1 aromatic heterocycles. The molecule has 27 heavy (non-hydrogen) atoms. The lowest BCUT2D eigenvalue weighted by atomic mass is 9.97. The van der Waals surface area contributed by atoms with E-state index in [-0.39, 0.29) is 11.2 Å². The summed E-state index contributed by atoms with van der Waals surface area (Å²) in [6.07, 6.45) is 8.09. The molecule has 6 nitrogen and oxygen atoms in total. The normalized spacial score (nSPS) is 15.3. The van der Waals surface area contributed by atoms with Crippen LogP contribution < -0.4 is 11.2 Å². The molecule has 0 saturated heterocycles. The molecule has 0 spiro atoms. The fourth-order valence-corrected chi connectivity index (χ4v) is 4.00. The molecule has 0 radical (unpaired) electrons. The number of allylic oxidation sites excluding steroid dienone is 1. The van der Waals surface area contributed by atoms with Gasteiger partial charge in [-0.3, -0.25) is 4.79 Å². The molecular weight excluding hydrogens is 382 g/mol. The van der Waals surface area contributed by atoms with Crippen molar-refractivity contribution in [3.05, 3.63) is 40.9 Å². The van der Waals surface area contributed by atoms with E-state index in [1.165, 1.54) is 34.9 Å². The molecule has 1 aliphatic rings. The predicted octanol–water partition coefficient (Wildman–Crippen LogP) is 3.80. The molecule has 1 atom stereocenters. The van der Waals surface area contributed by atoms with Crippen LogP contribution in [0.15, 0.2) is 41.1 Å². The molecule has 3 rings (SSSR count). The highest BCUT2D eigenvalue weighted by molar-refractivity contribution is 8.00. The molecule has 1 aliphatic carbocycles. The average molecular weight is 406 g/mol. The minimum absolute atomic E-state index is 0.0243. The highest BCUT2D eigenvalue weighted by Gasteiger charge is 2.20. The van der Waals surface area contributed by atoms with Crippen LogP contribution in [0.2, 0.25) is 5.02 Å². The number of nitrogens with zero attached hydrogens (tertiary/aromatic N) is 3. The Morgan fingerprint density at radius 3 is 3.00 bits per heavy atom. The number of amides is 1.